The molecule has 1 atom stereocenters. The van der Waals surface area contributed by atoms with Crippen LogP contribution >= 0.6 is 11.8 Å². The van der Waals surface area contributed by atoms with Gasteiger partial charge in [-0.25, -0.2) is 0 Å². The number of amides is 1. The molecule has 0 aromatic heterocycles. The topological polar surface area (TPSA) is 32.3 Å². The Kier molecular flexibility index (Phi) is 5.83. The van der Waals surface area contributed by atoms with E-state index in [1.165, 1.54) is 30.8 Å². The minimum atomic E-state index is 0.374. The van der Waals surface area contributed by atoms with Crippen molar-refractivity contribution in [2.75, 3.05) is 31.6 Å². The molecule has 0 radical (unpaired) electrons. The zero-order valence-electron chi connectivity index (χ0n) is 11.5. The predicted molar refractivity (Wildman–Crippen MR) is 77.9 cm³/mol. The highest BCUT2D eigenvalue weighted by molar-refractivity contribution is 7.99. The highest BCUT2D eigenvalue weighted by Gasteiger charge is 2.24. The molecule has 2 saturated heterocycles. The summed E-state index contributed by atoms with van der Waals surface area (Å²) in [6.45, 7) is 2.17. The van der Waals surface area contributed by atoms with Gasteiger partial charge in [0.2, 0.25) is 5.91 Å². The second kappa shape index (κ2) is 7.39. The lowest BCUT2D eigenvalue weighted by Gasteiger charge is -2.29. The Morgan fingerprint density at radius 3 is 2.78 bits per heavy atom. The average Bonchev–Trinajstić information content (AvgIpc) is 2.68. The molecule has 4 heteroatoms. The van der Waals surface area contributed by atoms with Crippen LogP contribution in [0.1, 0.15) is 38.5 Å². The van der Waals surface area contributed by atoms with Gasteiger partial charge >= 0.3 is 0 Å². The van der Waals surface area contributed by atoms with Gasteiger partial charge in [-0.1, -0.05) is 0 Å². The molecule has 18 heavy (non-hydrogen) atoms. The monoisotopic (exact) mass is 270 g/mol. The first-order valence-corrected chi connectivity index (χ1v) is 8.47. The van der Waals surface area contributed by atoms with Crippen molar-refractivity contribution in [3.05, 3.63) is 0 Å². The van der Waals surface area contributed by atoms with Crippen molar-refractivity contribution in [2.45, 2.75) is 44.6 Å². The summed E-state index contributed by atoms with van der Waals surface area (Å²) in [4.78, 5) is 14.4. The molecule has 1 N–H and O–H groups in total. The Hall–Kier alpha value is -0.220. The summed E-state index contributed by atoms with van der Waals surface area (Å²) < 4.78 is 0. The summed E-state index contributed by atoms with van der Waals surface area (Å²) >= 11 is 2.03. The van der Waals surface area contributed by atoms with Gasteiger partial charge in [-0.15, -0.1) is 0 Å². The lowest BCUT2D eigenvalue weighted by Crippen LogP contribution is -2.38. The van der Waals surface area contributed by atoms with Gasteiger partial charge in [0.05, 0.1) is 0 Å². The molecule has 0 saturated carbocycles. The molecule has 0 spiro atoms. The molecule has 0 aromatic carbocycles. The molecule has 1 unspecified atom stereocenters. The standard InChI is InChI=1S/C14H26N2OS/c1-16(13-3-2-7-15-8-4-13)14(17)11-12-5-9-18-10-6-12/h12-13,15H,2-11H2,1H3. The number of carbonyl (C=O) groups excluding carboxylic acids is 1. The fourth-order valence-corrected chi connectivity index (χ4v) is 4.14. The quantitative estimate of drug-likeness (QED) is 0.852. The van der Waals surface area contributed by atoms with Gasteiger partial charge in [-0.2, -0.15) is 11.8 Å². The first-order valence-electron chi connectivity index (χ1n) is 7.31. The van der Waals surface area contributed by atoms with Crippen LogP contribution in [0.15, 0.2) is 0 Å². The summed E-state index contributed by atoms with van der Waals surface area (Å²) in [7, 11) is 2.01. The molecule has 0 aliphatic carbocycles. The van der Waals surface area contributed by atoms with Crippen molar-refractivity contribution >= 4 is 17.7 Å². The third kappa shape index (κ3) is 4.16. The lowest BCUT2D eigenvalue weighted by molar-refractivity contribution is -0.133. The second-order valence-corrected chi connectivity index (χ2v) is 6.82. The molecule has 104 valence electrons. The van der Waals surface area contributed by atoms with Gasteiger partial charge in [0.1, 0.15) is 0 Å². The number of carbonyl (C=O) groups is 1. The van der Waals surface area contributed by atoms with Crippen LogP contribution in [0, 0.1) is 5.92 Å². The van der Waals surface area contributed by atoms with Crippen molar-refractivity contribution in [3.8, 4) is 0 Å². The van der Waals surface area contributed by atoms with Crippen LogP contribution in [0.4, 0.5) is 0 Å². The summed E-state index contributed by atoms with van der Waals surface area (Å²) in [5, 5.41) is 3.41. The molecule has 0 bridgehead atoms. The summed E-state index contributed by atoms with van der Waals surface area (Å²) in [6.07, 6.45) is 6.72. The molecule has 3 nitrogen and oxygen atoms in total. The SMILES string of the molecule is CN(C(=O)CC1CCSCC1)C1CCCNCC1. The first kappa shape index (κ1) is 14.2. The molecule has 1 amide bonds. The van der Waals surface area contributed by atoms with E-state index < -0.39 is 0 Å². The first-order chi connectivity index (χ1) is 8.77. The molecule has 2 fully saturated rings. The van der Waals surface area contributed by atoms with E-state index in [4.69, 9.17) is 0 Å². The largest absolute Gasteiger partial charge is 0.343 e. The van der Waals surface area contributed by atoms with Gasteiger partial charge in [0.25, 0.3) is 0 Å². The van der Waals surface area contributed by atoms with E-state index in [0.29, 0.717) is 17.9 Å². The van der Waals surface area contributed by atoms with E-state index in [9.17, 15) is 4.79 Å². The van der Waals surface area contributed by atoms with Crippen LogP contribution in [0.3, 0.4) is 0 Å². The third-order valence-electron chi connectivity index (χ3n) is 4.29. The van der Waals surface area contributed by atoms with Crippen LogP contribution in [-0.4, -0.2) is 48.5 Å². The van der Waals surface area contributed by atoms with Crippen LogP contribution < -0.4 is 5.32 Å². The minimum Gasteiger partial charge on any atom is -0.343 e. The number of thioether (sulfide) groups is 1. The highest BCUT2D eigenvalue weighted by atomic mass is 32.2. The van der Waals surface area contributed by atoms with Gasteiger partial charge in [0.15, 0.2) is 0 Å². The van der Waals surface area contributed by atoms with E-state index in [-0.39, 0.29) is 0 Å². The number of nitrogens with zero attached hydrogens (tertiary/aromatic N) is 1. The zero-order chi connectivity index (χ0) is 12.8. The van der Waals surface area contributed by atoms with Gasteiger partial charge in [0, 0.05) is 19.5 Å². The van der Waals surface area contributed by atoms with Crippen LogP contribution in [0.25, 0.3) is 0 Å². The second-order valence-electron chi connectivity index (χ2n) is 5.60. The van der Waals surface area contributed by atoms with E-state index in [1.807, 2.05) is 23.7 Å². The van der Waals surface area contributed by atoms with Crippen LogP contribution in [-0.2, 0) is 4.79 Å². The summed E-state index contributed by atoms with van der Waals surface area (Å²) in [5.74, 6) is 3.51. The Morgan fingerprint density at radius 2 is 2.00 bits per heavy atom. The Bertz CT molecular complexity index is 259. The van der Waals surface area contributed by atoms with Crippen LogP contribution in [0.2, 0.25) is 0 Å². The van der Waals surface area contributed by atoms with Crippen molar-refractivity contribution in [1.82, 2.24) is 10.2 Å². The molecule has 2 rings (SSSR count). The van der Waals surface area contributed by atoms with Crippen molar-refractivity contribution in [2.24, 2.45) is 5.92 Å². The fourth-order valence-electron chi connectivity index (χ4n) is 2.93. The van der Waals surface area contributed by atoms with E-state index in [0.717, 1.165) is 32.4 Å². The zero-order valence-corrected chi connectivity index (χ0v) is 12.3. The van der Waals surface area contributed by atoms with Gasteiger partial charge in [-0.05, 0) is 62.6 Å². The molecule has 2 aliphatic rings. The maximum absolute atomic E-state index is 12.3. The number of hydrogen-bond donors (Lipinski definition) is 1. The van der Waals surface area contributed by atoms with Crippen molar-refractivity contribution < 1.29 is 4.79 Å². The maximum atomic E-state index is 12.3. The minimum absolute atomic E-state index is 0.374. The fraction of sp³-hybridized carbons (Fsp3) is 0.929. The summed E-state index contributed by atoms with van der Waals surface area (Å²) in [6, 6.07) is 0.463. The Balaban J connectivity index is 1.79. The number of hydrogen-bond acceptors (Lipinski definition) is 3. The number of nitrogens with one attached hydrogen (secondary N) is 1. The molecule has 2 aliphatic heterocycles. The average molecular weight is 270 g/mol. The van der Waals surface area contributed by atoms with E-state index in [2.05, 4.69) is 5.32 Å². The Labute approximate surface area is 115 Å². The highest BCUT2D eigenvalue weighted by Crippen LogP contribution is 2.26. The van der Waals surface area contributed by atoms with Crippen molar-refractivity contribution in [3.63, 3.8) is 0 Å². The van der Waals surface area contributed by atoms with Crippen molar-refractivity contribution in [1.29, 1.82) is 0 Å². The molecular weight excluding hydrogens is 244 g/mol. The predicted octanol–water partition coefficient (Wildman–Crippen LogP) is 2.12. The summed E-state index contributed by atoms with van der Waals surface area (Å²) in [5.41, 5.74) is 0. The van der Waals surface area contributed by atoms with Gasteiger partial charge in [-0.3, -0.25) is 4.79 Å². The Morgan fingerprint density at radius 1 is 1.22 bits per heavy atom. The van der Waals surface area contributed by atoms with E-state index in [1.54, 1.807) is 0 Å². The molecule has 0 aromatic rings. The molecular formula is C14H26N2OS. The normalized spacial score (nSPS) is 26.6. The number of rotatable bonds is 3. The van der Waals surface area contributed by atoms with E-state index >= 15 is 0 Å². The maximum Gasteiger partial charge on any atom is 0.222 e. The third-order valence-corrected chi connectivity index (χ3v) is 5.34. The lowest BCUT2D eigenvalue weighted by atomic mass is 9.97. The smallest absolute Gasteiger partial charge is 0.222 e. The van der Waals surface area contributed by atoms with Gasteiger partial charge < -0.3 is 10.2 Å². The van der Waals surface area contributed by atoms with Crippen LogP contribution in [0.5, 0.6) is 0 Å². The molecule has 2 heterocycles.